The maximum atomic E-state index is 15.0. The van der Waals surface area contributed by atoms with Gasteiger partial charge in [0.05, 0.1) is 29.2 Å². The Morgan fingerprint density at radius 2 is 2.00 bits per heavy atom. The van der Waals surface area contributed by atoms with Gasteiger partial charge in [0.15, 0.2) is 5.01 Å². The van der Waals surface area contributed by atoms with E-state index in [0.29, 0.717) is 32.7 Å². The van der Waals surface area contributed by atoms with E-state index in [4.69, 9.17) is 16.6 Å². The summed E-state index contributed by atoms with van der Waals surface area (Å²) < 4.78 is 17.6. The van der Waals surface area contributed by atoms with Crippen LogP contribution in [0.2, 0.25) is 4.34 Å². The van der Waals surface area contributed by atoms with Gasteiger partial charge in [-0.25, -0.2) is 14.4 Å². The topological polar surface area (TPSA) is 85.6 Å². The molecule has 4 aromatic heterocycles. The lowest BCUT2D eigenvalue weighted by Crippen LogP contribution is -2.39. The summed E-state index contributed by atoms with van der Waals surface area (Å²) >= 11 is 7.12. The van der Waals surface area contributed by atoms with E-state index in [1.54, 1.807) is 30.7 Å². The number of aromatic nitrogens is 5. The maximum absolute atomic E-state index is 15.0. The molecule has 0 aliphatic heterocycles. The predicted molar refractivity (Wildman–Crippen MR) is 142 cm³/mol. The molecular formula is C27H22ClFN6OS. The molecule has 0 bridgehead atoms. The molecule has 10 heteroatoms. The SMILES string of the molecule is O=C(NC1CCCC(n2c(-c3ccccc3F)nc3cnc(-c4cccnc4)cc32)C1)c1ncc(Cl)s1. The second-order valence-electron chi connectivity index (χ2n) is 9.05. The van der Waals surface area contributed by atoms with Crippen LogP contribution in [-0.2, 0) is 0 Å². The molecule has 1 saturated carbocycles. The van der Waals surface area contributed by atoms with E-state index in [2.05, 4.69) is 24.8 Å². The molecule has 1 fully saturated rings. The summed E-state index contributed by atoms with van der Waals surface area (Å²) in [6, 6.07) is 12.4. The number of halogens is 2. The van der Waals surface area contributed by atoms with Gasteiger partial charge in [-0.15, -0.1) is 0 Å². The molecule has 1 aliphatic rings. The van der Waals surface area contributed by atoms with Crippen LogP contribution in [0.1, 0.15) is 41.5 Å². The van der Waals surface area contributed by atoms with E-state index in [-0.39, 0.29) is 23.8 Å². The summed E-state index contributed by atoms with van der Waals surface area (Å²) in [6.45, 7) is 0. The van der Waals surface area contributed by atoms with Crippen LogP contribution in [0.3, 0.4) is 0 Å². The van der Waals surface area contributed by atoms with Gasteiger partial charge in [0, 0.05) is 30.0 Å². The van der Waals surface area contributed by atoms with Crippen LogP contribution in [0, 0.1) is 5.82 Å². The highest BCUT2D eigenvalue weighted by Gasteiger charge is 2.29. The zero-order valence-corrected chi connectivity index (χ0v) is 21.2. The first-order valence-electron chi connectivity index (χ1n) is 12.0. The van der Waals surface area contributed by atoms with Crippen LogP contribution in [0.5, 0.6) is 0 Å². The summed E-state index contributed by atoms with van der Waals surface area (Å²) in [5.74, 6) is -0.00171. The molecule has 1 N–H and O–H groups in total. The van der Waals surface area contributed by atoms with Gasteiger partial charge in [-0.3, -0.25) is 14.8 Å². The average Bonchev–Trinajstić information content (AvgIpc) is 3.53. The van der Waals surface area contributed by atoms with Gasteiger partial charge in [0.1, 0.15) is 21.5 Å². The molecule has 0 radical (unpaired) electrons. The van der Waals surface area contributed by atoms with Crippen LogP contribution in [0.15, 0.2) is 67.3 Å². The largest absolute Gasteiger partial charge is 0.347 e. The third-order valence-electron chi connectivity index (χ3n) is 6.67. The molecule has 6 rings (SSSR count). The number of thiazole rings is 1. The first-order chi connectivity index (χ1) is 18.1. The monoisotopic (exact) mass is 532 g/mol. The molecule has 5 aromatic rings. The van der Waals surface area contributed by atoms with Crippen LogP contribution in [0.25, 0.3) is 33.7 Å². The number of nitrogens with one attached hydrogen (secondary N) is 1. The molecule has 0 spiro atoms. The number of pyridine rings is 2. The van der Waals surface area contributed by atoms with Crippen molar-refractivity contribution < 1.29 is 9.18 Å². The fourth-order valence-corrected chi connectivity index (χ4v) is 5.82. The summed E-state index contributed by atoms with van der Waals surface area (Å²) in [4.78, 5) is 30.5. The van der Waals surface area contributed by atoms with Crippen LogP contribution in [-0.4, -0.2) is 36.5 Å². The first kappa shape index (κ1) is 23.7. The van der Waals surface area contributed by atoms with Gasteiger partial charge in [-0.2, -0.15) is 0 Å². The second-order valence-corrected chi connectivity index (χ2v) is 10.7. The fraction of sp³-hybridized carbons (Fsp3) is 0.222. The van der Waals surface area contributed by atoms with Gasteiger partial charge >= 0.3 is 0 Å². The van der Waals surface area contributed by atoms with E-state index >= 15 is 0 Å². The number of benzene rings is 1. The van der Waals surface area contributed by atoms with Gasteiger partial charge in [-0.1, -0.05) is 35.1 Å². The maximum Gasteiger partial charge on any atom is 0.280 e. The number of hydrogen-bond acceptors (Lipinski definition) is 6. The second kappa shape index (κ2) is 9.99. The minimum Gasteiger partial charge on any atom is -0.347 e. The minimum atomic E-state index is -0.333. The summed E-state index contributed by atoms with van der Waals surface area (Å²) in [5.41, 5.74) is 3.65. The van der Waals surface area contributed by atoms with Crippen molar-refractivity contribution in [2.24, 2.45) is 0 Å². The smallest absolute Gasteiger partial charge is 0.280 e. The zero-order valence-electron chi connectivity index (χ0n) is 19.6. The van der Waals surface area contributed by atoms with Gasteiger partial charge < -0.3 is 9.88 Å². The Morgan fingerprint density at radius 1 is 1.11 bits per heavy atom. The Hall–Kier alpha value is -3.69. The van der Waals surface area contributed by atoms with Crippen molar-refractivity contribution in [3.8, 4) is 22.6 Å². The molecule has 7 nitrogen and oxygen atoms in total. The Morgan fingerprint density at radius 3 is 2.78 bits per heavy atom. The lowest BCUT2D eigenvalue weighted by atomic mass is 9.90. The summed E-state index contributed by atoms with van der Waals surface area (Å²) in [6.07, 6.45) is 10.0. The molecule has 1 amide bonds. The highest BCUT2D eigenvalue weighted by atomic mass is 35.5. The van der Waals surface area contributed by atoms with Crippen molar-refractivity contribution in [2.45, 2.75) is 37.8 Å². The van der Waals surface area contributed by atoms with Crippen molar-refractivity contribution in [3.63, 3.8) is 0 Å². The van der Waals surface area contributed by atoms with Crippen molar-refractivity contribution in [3.05, 3.63) is 82.4 Å². The number of carbonyl (C=O) groups excluding carboxylic acids is 1. The van der Waals surface area contributed by atoms with Crippen LogP contribution in [0.4, 0.5) is 4.39 Å². The average molecular weight is 533 g/mol. The molecule has 1 aromatic carbocycles. The number of amides is 1. The highest BCUT2D eigenvalue weighted by Crippen LogP contribution is 2.37. The highest BCUT2D eigenvalue weighted by molar-refractivity contribution is 7.17. The quantitative estimate of drug-likeness (QED) is 0.286. The number of hydrogen-bond donors (Lipinski definition) is 1. The third-order valence-corrected chi connectivity index (χ3v) is 7.78. The summed E-state index contributed by atoms with van der Waals surface area (Å²) in [7, 11) is 0. The van der Waals surface area contributed by atoms with Crippen molar-refractivity contribution in [1.29, 1.82) is 0 Å². The Kier molecular flexibility index (Phi) is 6.40. The first-order valence-corrected chi connectivity index (χ1v) is 13.2. The number of carbonyl (C=O) groups is 1. The summed E-state index contributed by atoms with van der Waals surface area (Å²) in [5, 5.41) is 3.46. The van der Waals surface area contributed by atoms with Gasteiger partial charge in [0.25, 0.3) is 5.91 Å². The molecular weight excluding hydrogens is 511 g/mol. The van der Waals surface area contributed by atoms with E-state index in [1.165, 1.54) is 12.3 Å². The molecule has 2 unspecified atom stereocenters. The van der Waals surface area contributed by atoms with Crippen molar-refractivity contribution in [1.82, 2.24) is 29.8 Å². The molecule has 37 heavy (non-hydrogen) atoms. The molecule has 186 valence electrons. The molecule has 0 saturated heterocycles. The fourth-order valence-electron chi connectivity index (χ4n) is 5.01. The number of fused-ring (bicyclic) bond motifs is 1. The van der Waals surface area contributed by atoms with Crippen molar-refractivity contribution in [2.75, 3.05) is 0 Å². The van der Waals surface area contributed by atoms with E-state index < -0.39 is 0 Å². The molecule has 4 heterocycles. The van der Waals surface area contributed by atoms with Crippen molar-refractivity contribution >= 4 is 39.9 Å². The van der Waals surface area contributed by atoms with E-state index in [9.17, 15) is 9.18 Å². The minimum absolute atomic E-state index is 0.00249. The van der Waals surface area contributed by atoms with Gasteiger partial charge in [0.2, 0.25) is 0 Å². The van der Waals surface area contributed by atoms with Crippen LogP contribution < -0.4 is 5.32 Å². The standard InChI is InChI=1S/C27H22ClFN6OS/c28-24-15-32-27(37-24)26(36)33-17-6-3-7-18(11-17)35-23-12-21(16-5-4-10-30-13-16)31-14-22(23)34-25(35)19-8-1-2-9-20(19)29/h1-2,4-5,8-10,12-15,17-18H,3,6-7,11H2,(H,33,36). The molecule has 1 aliphatic carbocycles. The Balaban J connectivity index is 1.41. The number of nitrogens with zero attached hydrogens (tertiary/aromatic N) is 5. The Labute approximate surface area is 221 Å². The zero-order chi connectivity index (χ0) is 25.4. The lowest BCUT2D eigenvalue weighted by Gasteiger charge is -2.32. The predicted octanol–water partition coefficient (Wildman–Crippen LogP) is 6.32. The Bertz CT molecular complexity index is 1590. The lowest BCUT2D eigenvalue weighted by molar-refractivity contribution is 0.0920. The van der Waals surface area contributed by atoms with Gasteiger partial charge in [-0.05, 0) is 56.0 Å². The number of imidazole rings is 1. The normalized spacial score (nSPS) is 17.7. The third kappa shape index (κ3) is 4.72. The van der Waals surface area contributed by atoms with Crippen LogP contribution >= 0.6 is 22.9 Å². The van der Waals surface area contributed by atoms with E-state index in [1.807, 2.05) is 24.3 Å². The van der Waals surface area contributed by atoms with E-state index in [0.717, 1.165) is 47.4 Å². The molecule has 2 atom stereocenters. The number of rotatable bonds is 5.